The van der Waals surface area contributed by atoms with Crippen LogP contribution in [0.25, 0.3) is 0 Å². The Morgan fingerprint density at radius 1 is 0.781 bits per heavy atom. The predicted octanol–water partition coefficient (Wildman–Crippen LogP) is 0.290. The second-order valence-corrected chi connectivity index (χ2v) is 8.65. The van der Waals surface area contributed by atoms with E-state index in [1.54, 1.807) is 0 Å². The average molecular weight is 467 g/mol. The molecule has 32 heavy (non-hydrogen) atoms. The monoisotopic (exact) mass is 466 g/mol. The summed E-state index contributed by atoms with van der Waals surface area (Å²) in [4.78, 5) is 10.5. The number of aliphatic carboxylic acids is 1. The highest BCUT2D eigenvalue weighted by atomic mass is 16.7. The van der Waals surface area contributed by atoms with Crippen molar-refractivity contribution in [2.45, 2.75) is 120 Å². The van der Waals surface area contributed by atoms with Crippen LogP contribution in [0.3, 0.4) is 0 Å². The predicted molar refractivity (Wildman–Crippen MR) is 115 cm³/mol. The lowest BCUT2D eigenvalue weighted by molar-refractivity contribution is -0.304. The number of aliphatic hydroxyl groups is 6. The fourth-order valence-electron chi connectivity index (χ4n) is 3.75. The zero-order valence-corrected chi connectivity index (χ0v) is 18.8. The van der Waals surface area contributed by atoms with Gasteiger partial charge in [-0.15, -0.1) is 0 Å². The fraction of sp³-hybridized carbons (Fsp3) is 0.955. The number of carbonyl (C=O) groups is 1. The van der Waals surface area contributed by atoms with Gasteiger partial charge in [0.05, 0.1) is 19.3 Å². The van der Waals surface area contributed by atoms with Crippen molar-refractivity contribution in [3.63, 3.8) is 0 Å². The Hall–Kier alpha value is -0.850. The molecule has 1 aliphatic rings. The molecule has 0 aromatic carbocycles. The van der Waals surface area contributed by atoms with Crippen LogP contribution >= 0.6 is 0 Å². The number of aliphatic hydroxyl groups excluding tert-OH is 6. The van der Waals surface area contributed by atoms with Crippen molar-refractivity contribution >= 4 is 5.97 Å². The van der Waals surface area contributed by atoms with E-state index in [1.807, 2.05) is 0 Å². The molecule has 10 heteroatoms. The van der Waals surface area contributed by atoms with E-state index in [4.69, 9.17) is 19.7 Å². The number of carboxylic acid groups (broad SMARTS) is 1. The third-order valence-corrected chi connectivity index (χ3v) is 5.85. The highest BCUT2D eigenvalue weighted by Gasteiger charge is 2.44. The lowest BCUT2D eigenvalue weighted by atomic mass is 9.99. The van der Waals surface area contributed by atoms with E-state index < -0.39 is 55.5 Å². The zero-order valence-electron chi connectivity index (χ0n) is 18.8. The molecule has 0 saturated carbocycles. The molecule has 1 saturated heterocycles. The van der Waals surface area contributed by atoms with Gasteiger partial charge in [0.1, 0.15) is 24.4 Å². The van der Waals surface area contributed by atoms with Crippen LogP contribution in [0.2, 0.25) is 0 Å². The van der Waals surface area contributed by atoms with Gasteiger partial charge in [0.2, 0.25) is 0 Å². The molecule has 7 N–H and O–H groups in total. The van der Waals surface area contributed by atoms with Crippen molar-refractivity contribution in [3.05, 3.63) is 0 Å². The highest BCUT2D eigenvalue weighted by molar-refractivity contribution is 5.71. The van der Waals surface area contributed by atoms with E-state index in [9.17, 15) is 30.3 Å². The molecule has 0 bridgehead atoms. The van der Waals surface area contributed by atoms with Crippen molar-refractivity contribution in [3.8, 4) is 0 Å². The Bertz CT molecular complexity index is 489. The van der Waals surface area contributed by atoms with Gasteiger partial charge in [-0.1, -0.05) is 64.2 Å². The highest BCUT2D eigenvalue weighted by Crippen LogP contribution is 2.22. The molecule has 0 radical (unpaired) electrons. The molecule has 1 fully saturated rings. The van der Waals surface area contributed by atoms with Crippen LogP contribution in [0.1, 0.15) is 77.0 Å². The van der Waals surface area contributed by atoms with Crippen molar-refractivity contribution in [2.24, 2.45) is 0 Å². The molecule has 1 heterocycles. The second-order valence-electron chi connectivity index (χ2n) is 8.65. The summed E-state index contributed by atoms with van der Waals surface area (Å²) in [5.74, 6) is -1.15. The Morgan fingerprint density at radius 2 is 1.28 bits per heavy atom. The summed E-state index contributed by atoms with van der Waals surface area (Å²) in [6.45, 7) is -0.601. The molecule has 7 atom stereocenters. The maximum atomic E-state index is 10.5. The van der Waals surface area contributed by atoms with Gasteiger partial charge in [0.15, 0.2) is 12.4 Å². The number of rotatable bonds is 18. The van der Waals surface area contributed by atoms with Crippen LogP contribution in [-0.2, 0) is 14.3 Å². The zero-order chi connectivity index (χ0) is 23.9. The number of ether oxygens (including phenoxy) is 2. The molecule has 0 unspecified atom stereocenters. The van der Waals surface area contributed by atoms with Crippen molar-refractivity contribution in [1.29, 1.82) is 0 Å². The minimum Gasteiger partial charge on any atom is -0.479 e. The summed E-state index contributed by atoms with van der Waals surface area (Å²) in [5.41, 5.74) is 0. The van der Waals surface area contributed by atoms with Gasteiger partial charge in [-0.25, -0.2) is 4.79 Å². The van der Waals surface area contributed by atoms with E-state index >= 15 is 0 Å². The molecule has 1 rings (SSSR count). The van der Waals surface area contributed by atoms with Gasteiger partial charge in [0, 0.05) is 0 Å². The molecule has 0 amide bonds. The Balaban J connectivity index is 1.96. The third-order valence-electron chi connectivity index (χ3n) is 5.85. The topological polar surface area (TPSA) is 177 Å². The maximum absolute atomic E-state index is 10.5. The number of unbranched alkanes of at least 4 members (excludes halogenated alkanes) is 9. The number of carboxylic acids is 1. The summed E-state index contributed by atoms with van der Waals surface area (Å²) in [5, 5.41) is 66.3. The smallest absolute Gasteiger partial charge is 0.332 e. The standard InChI is InChI=1S/C22H42O10/c23-13-17-18(26)19(27)20(28)22(32-17)31-14-15(24)11-9-7-5-3-1-2-4-6-8-10-12-16(25)21(29)30/h15-20,22-28H,1-14H2,(H,29,30)/t15-,16-,17+,18+,19-,20+,22+/m0/s1. The molecule has 0 aromatic rings. The van der Waals surface area contributed by atoms with Crippen molar-refractivity contribution in [2.75, 3.05) is 13.2 Å². The summed E-state index contributed by atoms with van der Waals surface area (Å²) in [6, 6.07) is 0. The van der Waals surface area contributed by atoms with Crippen LogP contribution in [-0.4, -0.2) is 97.8 Å². The Labute approximate surface area is 189 Å². The normalized spacial score (nSPS) is 27.9. The SMILES string of the molecule is O=C(O)[C@@H](O)CCCCCCCCCCCC[C@H](O)CO[C@@H]1O[C@H](CO)[C@@H](O)[C@H](O)[C@H]1O. The van der Waals surface area contributed by atoms with E-state index in [-0.39, 0.29) is 6.61 Å². The van der Waals surface area contributed by atoms with Crippen molar-refractivity contribution < 1.29 is 50.0 Å². The minimum absolute atomic E-state index is 0.0772. The quantitative estimate of drug-likeness (QED) is 0.139. The van der Waals surface area contributed by atoms with E-state index in [0.717, 1.165) is 64.2 Å². The molecule has 0 aliphatic carbocycles. The lowest BCUT2D eigenvalue weighted by Gasteiger charge is -2.39. The van der Waals surface area contributed by atoms with Crippen molar-refractivity contribution in [1.82, 2.24) is 0 Å². The van der Waals surface area contributed by atoms with Crippen LogP contribution < -0.4 is 0 Å². The maximum Gasteiger partial charge on any atom is 0.332 e. The number of hydrogen-bond donors (Lipinski definition) is 7. The largest absolute Gasteiger partial charge is 0.479 e. The van der Waals surface area contributed by atoms with Crippen LogP contribution in [0.5, 0.6) is 0 Å². The molecule has 0 spiro atoms. The molecule has 1 aliphatic heterocycles. The van der Waals surface area contributed by atoms with Gasteiger partial charge in [0.25, 0.3) is 0 Å². The average Bonchev–Trinajstić information content (AvgIpc) is 2.77. The molecule has 10 nitrogen and oxygen atoms in total. The van der Waals surface area contributed by atoms with Crippen LogP contribution in [0, 0.1) is 0 Å². The summed E-state index contributed by atoms with van der Waals surface area (Å²) < 4.78 is 10.6. The van der Waals surface area contributed by atoms with Crippen LogP contribution in [0.15, 0.2) is 0 Å². The van der Waals surface area contributed by atoms with Gasteiger partial charge < -0.3 is 45.2 Å². The van der Waals surface area contributed by atoms with Gasteiger partial charge in [-0.2, -0.15) is 0 Å². The lowest BCUT2D eigenvalue weighted by Crippen LogP contribution is -2.59. The van der Waals surface area contributed by atoms with E-state index in [1.165, 1.54) is 0 Å². The molecule has 190 valence electrons. The fourth-order valence-corrected chi connectivity index (χ4v) is 3.75. The minimum atomic E-state index is -1.49. The molecular weight excluding hydrogens is 424 g/mol. The summed E-state index contributed by atoms with van der Waals surface area (Å²) in [7, 11) is 0. The third kappa shape index (κ3) is 11.3. The first-order valence-corrected chi connectivity index (χ1v) is 11.8. The first-order chi connectivity index (χ1) is 15.3. The number of hydrogen-bond acceptors (Lipinski definition) is 9. The summed E-state index contributed by atoms with van der Waals surface area (Å²) in [6.07, 6.45) is 2.37. The summed E-state index contributed by atoms with van der Waals surface area (Å²) >= 11 is 0. The van der Waals surface area contributed by atoms with E-state index in [2.05, 4.69) is 0 Å². The molecular formula is C22H42O10. The first-order valence-electron chi connectivity index (χ1n) is 11.8. The van der Waals surface area contributed by atoms with E-state index in [0.29, 0.717) is 12.8 Å². The van der Waals surface area contributed by atoms with Gasteiger partial charge in [-0.05, 0) is 12.8 Å². The van der Waals surface area contributed by atoms with Crippen LogP contribution in [0.4, 0.5) is 0 Å². The first kappa shape index (κ1) is 29.2. The van der Waals surface area contributed by atoms with Gasteiger partial charge >= 0.3 is 5.97 Å². The second kappa shape index (κ2) is 16.7. The molecule has 0 aromatic heterocycles. The van der Waals surface area contributed by atoms with Gasteiger partial charge in [-0.3, -0.25) is 0 Å². The Kier molecular flexibility index (Phi) is 15.2. The Morgan fingerprint density at radius 3 is 1.78 bits per heavy atom.